The second-order valence-corrected chi connectivity index (χ2v) is 4.16. The summed E-state index contributed by atoms with van der Waals surface area (Å²) < 4.78 is 12.6. The van der Waals surface area contributed by atoms with Crippen molar-refractivity contribution >= 4 is 0 Å². The van der Waals surface area contributed by atoms with Crippen LogP contribution >= 0.6 is 0 Å². The van der Waals surface area contributed by atoms with E-state index >= 15 is 0 Å². The van der Waals surface area contributed by atoms with Crippen molar-refractivity contribution in [2.75, 3.05) is 7.11 Å². The summed E-state index contributed by atoms with van der Waals surface area (Å²) in [7, 11) is 1.59. The Kier molecular flexibility index (Phi) is 4.56. The Bertz CT molecular complexity index is 616. The Hall–Kier alpha value is -2.55. The Morgan fingerprint density at radius 3 is 2.70 bits per heavy atom. The third-order valence-corrected chi connectivity index (χ3v) is 2.81. The van der Waals surface area contributed by atoms with Gasteiger partial charge in [-0.2, -0.15) is 5.26 Å². The highest BCUT2D eigenvalue weighted by atomic mass is 16.5. The van der Waals surface area contributed by atoms with Gasteiger partial charge in [0.2, 0.25) is 0 Å². The van der Waals surface area contributed by atoms with E-state index in [0.717, 1.165) is 6.42 Å². The van der Waals surface area contributed by atoms with Crippen molar-refractivity contribution in [2.45, 2.75) is 26.5 Å². The minimum absolute atomic E-state index is 0.232. The fraction of sp³-hybridized carbons (Fsp3) is 0.357. The van der Waals surface area contributed by atoms with Crippen LogP contribution in [0.25, 0.3) is 0 Å². The number of hydrogen-bond acceptors (Lipinski definition) is 5. The number of aryl methyl sites for hydroxylation is 1. The summed E-state index contributed by atoms with van der Waals surface area (Å²) in [6.07, 6.45) is 0.913. The molecule has 2 aromatic rings. The Balaban J connectivity index is 2.18. The molecule has 0 spiro atoms. The molecule has 0 saturated heterocycles. The van der Waals surface area contributed by atoms with E-state index in [1.54, 1.807) is 11.8 Å². The lowest BCUT2D eigenvalue weighted by atomic mass is 10.3. The van der Waals surface area contributed by atoms with Gasteiger partial charge in [0.15, 0.2) is 17.2 Å². The molecule has 0 aliphatic carbocycles. The quantitative estimate of drug-likeness (QED) is 0.805. The largest absolute Gasteiger partial charge is 0.493 e. The molecule has 1 heterocycles. The zero-order valence-electron chi connectivity index (χ0n) is 11.5. The van der Waals surface area contributed by atoms with Gasteiger partial charge in [0.05, 0.1) is 7.11 Å². The number of hydrogen-bond donors (Lipinski definition) is 0. The molecule has 104 valence electrons. The molecule has 1 aromatic heterocycles. The van der Waals surface area contributed by atoms with Gasteiger partial charge >= 0.3 is 0 Å². The summed E-state index contributed by atoms with van der Waals surface area (Å²) in [5.41, 5.74) is 0.980. The van der Waals surface area contributed by atoms with Crippen molar-refractivity contribution in [1.82, 2.24) is 15.0 Å². The second kappa shape index (κ2) is 6.57. The number of aromatic nitrogens is 3. The molecule has 0 unspecified atom stereocenters. The lowest BCUT2D eigenvalue weighted by Crippen LogP contribution is -2.09. The van der Waals surface area contributed by atoms with Gasteiger partial charge in [-0.25, -0.2) is 4.68 Å². The van der Waals surface area contributed by atoms with Gasteiger partial charge in [0, 0.05) is 6.54 Å². The third-order valence-electron chi connectivity index (χ3n) is 2.81. The maximum Gasteiger partial charge on any atom is 0.189 e. The summed E-state index contributed by atoms with van der Waals surface area (Å²) in [5.74, 6) is 1.28. The van der Waals surface area contributed by atoms with Crippen LogP contribution in [0.2, 0.25) is 0 Å². The normalized spacial score (nSPS) is 10.1. The van der Waals surface area contributed by atoms with Crippen LogP contribution in [0.3, 0.4) is 0 Å². The fourth-order valence-electron chi connectivity index (χ4n) is 1.84. The zero-order valence-corrected chi connectivity index (χ0v) is 11.5. The van der Waals surface area contributed by atoms with Crippen molar-refractivity contribution in [3.05, 3.63) is 35.7 Å². The van der Waals surface area contributed by atoms with Gasteiger partial charge in [-0.05, 0) is 18.6 Å². The van der Waals surface area contributed by atoms with Crippen LogP contribution < -0.4 is 9.47 Å². The van der Waals surface area contributed by atoms with Crippen molar-refractivity contribution < 1.29 is 9.47 Å². The van der Waals surface area contributed by atoms with Crippen molar-refractivity contribution in [2.24, 2.45) is 0 Å². The van der Waals surface area contributed by atoms with Gasteiger partial charge in [0.25, 0.3) is 0 Å². The van der Waals surface area contributed by atoms with Crippen LogP contribution in [-0.2, 0) is 13.2 Å². The van der Waals surface area contributed by atoms with E-state index in [4.69, 9.17) is 14.7 Å². The number of rotatable bonds is 6. The molecule has 0 aliphatic rings. The molecule has 0 amide bonds. The first-order chi connectivity index (χ1) is 9.80. The minimum atomic E-state index is 0.232. The lowest BCUT2D eigenvalue weighted by molar-refractivity contribution is 0.273. The number of nitriles is 1. The van der Waals surface area contributed by atoms with E-state index in [0.29, 0.717) is 29.4 Å². The van der Waals surface area contributed by atoms with E-state index in [9.17, 15) is 0 Å². The first-order valence-corrected chi connectivity index (χ1v) is 6.38. The second-order valence-electron chi connectivity index (χ2n) is 4.16. The third kappa shape index (κ3) is 2.88. The molecule has 20 heavy (non-hydrogen) atoms. The van der Waals surface area contributed by atoms with Gasteiger partial charge in [-0.1, -0.05) is 24.3 Å². The summed E-state index contributed by atoms with van der Waals surface area (Å²) >= 11 is 0. The molecule has 2 rings (SSSR count). The standard InChI is InChI=1S/C14H16N4O2/c1-3-8-18-12(11(9-15)16-17-18)10-20-14-7-5-4-6-13(14)19-2/h4-7H,3,8,10H2,1-2H3. The summed E-state index contributed by atoms with van der Waals surface area (Å²) in [5, 5.41) is 16.9. The van der Waals surface area contributed by atoms with Gasteiger partial charge in [0.1, 0.15) is 18.4 Å². The molecule has 0 saturated carbocycles. The minimum Gasteiger partial charge on any atom is -0.493 e. The number of benzene rings is 1. The van der Waals surface area contributed by atoms with E-state index in [-0.39, 0.29) is 6.61 Å². The van der Waals surface area contributed by atoms with Crippen molar-refractivity contribution in [3.8, 4) is 17.6 Å². The summed E-state index contributed by atoms with van der Waals surface area (Å²) in [6, 6.07) is 9.41. The van der Waals surface area contributed by atoms with Crippen LogP contribution in [0.15, 0.2) is 24.3 Å². The van der Waals surface area contributed by atoms with Crippen LogP contribution in [0, 0.1) is 11.3 Å². The molecule has 0 radical (unpaired) electrons. The number of para-hydroxylation sites is 2. The zero-order chi connectivity index (χ0) is 14.4. The highest BCUT2D eigenvalue weighted by Gasteiger charge is 2.13. The Morgan fingerprint density at radius 2 is 2.05 bits per heavy atom. The molecule has 6 nitrogen and oxygen atoms in total. The molecule has 1 aromatic carbocycles. The molecule has 0 bridgehead atoms. The molecule has 6 heteroatoms. The fourth-order valence-corrected chi connectivity index (χ4v) is 1.84. The molecule has 0 atom stereocenters. The lowest BCUT2D eigenvalue weighted by Gasteiger charge is -2.11. The van der Waals surface area contributed by atoms with Crippen molar-refractivity contribution in [3.63, 3.8) is 0 Å². The van der Waals surface area contributed by atoms with E-state index in [2.05, 4.69) is 10.3 Å². The topological polar surface area (TPSA) is 73.0 Å². The average Bonchev–Trinajstić information content (AvgIpc) is 2.88. The van der Waals surface area contributed by atoms with Gasteiger partial charge in [-0.15, -0.1) is 5.10 Å². The Labute approximate surface area is 117 Å². The van der Waals surface area contributed by atoms with Gasteiger partial charge < -0.3 is 9.47 Å². The maximum atomic E-state index is 9.05. The summed E-state index contributed by atoms with van der Waals surface area (Å²) in [4.78, 5) is 0. The Morgan fingerprint density at radius 1 is 1.30 bits per heavy atom. The highest BCUT2D eigenvalue weighted by Crippen LogP contribution is 2.26. The first kappa shape index (κ1) is 13.9. The van der Waals surface area contributed by atoms with Crippen LogP contribution in [0.4, 0.5) is 0 Å². The van der Waals surface area contributed by atoms with E-state index in [1.165, 1.54) is 0 Å². The van der Waals surface area contributed by atoms with E-state index in [1.807, 2.05) is 37.3 Å². The molecule has 0 fully saturated rings. The monoisotopic (exact) mass is 272 g/mol. The number of methoxy groups -OCH3 is 1. The smallest absolute Gasteiger partial charge is 0.189 e. The molecule has 0 aliphatic heterocycles. The first-order valence-electron chi connectivity index (χ1n) is 6.38. The average molecular weight is 272 g/mol. The summed E-state index contributed by atoms with van der Waals surface area (Å²) in [6.45, 7) is 2.98. The predicted molar refractivity (Wildman–Crippen MR) is 72.4 cm³/mol. The van der Waals surface area contributed by atoms with E-state index < -0.39 is 0 Å². The maximum absolute atomic E-state index is 9.05. The molecular formula is C14H16N4O2. The van der Waals surface area contributed by atoms with Gasteiger partial charge in [-0.3, -0.25) is 0 Å². The predicted octanol–water partition coefficient (Wildman–Crippen LogP) is 2.15. The number of nitrogens with zero attached hydrogens (tertiary/aromatic N) is 4. The van der Waals surface area contributed by atoms with Crippen LogP contribution in [0.1, 0.15) is 24.7 Å². The molecular weight excluding hydrogens is 256 g/mol. The highest BCUT2D eigenvalue weighted by molar-refractivity contribution is 5.39. The van der Waals surface area contributed by atoms with Crippen molar-refractivity contribution in [1.29, 1.82) is 5.26 Å². The number of ether oxygens (including phenoxy) is 2. The SMILES string of the molecule is CCCn1nnc(C#N)c1COc1ccccc1OC. The molecule has 0 N–H and O–H groups in total. The van der Waals surface area contributed by atoms with Crippen LogP contribution in [-0.4, -0.2) is 22.1 Å². The van der Waals surface area contributed by atoms with Crippen LogP contribution in [0.5, 0.6) is 11.5 Å².